The van der Waals surface area contributed by atoms with E-state index < -0.39 is 17.4 Å². The summed E-state index contributed by atoms with van der Waals surface area (Å²) < 4.78 is 25.9. The van der Waals surface area contributed by atoms with E-state index in [9.17, 15) is 19.2 Å². The molecule has 1 amide bonds. The molecule has 0 heterocycles. The molecule has 0 saturated heterocycles. The summed E-state index contributed by atoms with van der Waals surface area (Å²) in [6, 6.07) is 0. The molecule has 0 aromatic carbocycles. The van der Waals surface area contributed by atoms with Crippen molar-refractivity contribution in [3.8, 4) is 0 Å². The number of hydrogen-bond donors (Lipinski definition) is 0. The normalized spacial score (nSPS) is 11.2. The van der Waals surface area contributed by atoms with Gasteiger partial charge >= 0.3 is 11.9 Å². The monoisotopic (exact) mass is 461 g/mol. The average Bonchev–Trinajstić information content (AvgIpc) is 2.72. The highest BCUT2D eigenvalue weighted by Crippen LogP contribution is 2.17. The summed E-state index contributed by atoms with van der Waals surface area (Å²) in [6.07, 6.45) is 0.438. The molecule has 0 bridgehead atoms. The van der Waals surface area contributed by atoms with Crippen LogP contribution < -0.4 is 0 Å². The number of rotatable bonds is 18. The largest absolute Gasteiger partial charge is 0.463 e. The molecule has 0 aliphatic heterocycles. The zero-order valence-corrected chi connectivity index (χ0v) is 20.1. The Labute approximate surface area is 190 Å². The van der Waals surface area contributed by atoms with E-state index in [1.54, 1.807) is 14.1 Å². The maximum atomic E-state index is 11.7. The summed E-state index contributed by atoms with van der Waals surface area (Å²) in [6.45, 7) is 7.65. The van der Waals surface area contributed by atoms with E-state index >= 15 is 0 Å². The van der Waals surface area contributed by atoms with Crippen LogP contribution in [0.2, 0.25) is 0 Å². The molecule has 0 radical (unpaired) electrons. The maximum Gasteiger partial charge on any atom is 0.306 e. The fraction of sp³-hybridized carbons (Fsp3) is 0.818. The van der Waals surface area contributed by atoms with Gasteiger partial charge < -0.3 is 28.6 Å². The van der Waals surface area contributed by atoms with Gasteiger partial charge in [-0.2, -0.15) is 0 Å². The fourth-order valence-corrected chi connectivity index (χ4v) is 2.14. The van der Waals surface area contributed by atoms with Gasteiger partial charge in [0.2, 0.25) is 5.91 Å². The first-order valence-corrected chi connectivity index (χ1v) is 10.8. The molecule has 0 rings (SSSR count). The third-order valence-corrected chi connectivity index (χ3v) is 4.16. The second kappa shape index (κ2) is 17.5. The molecule has 0 atom stereocenters. The van der Waals surface area contributed by atoms with Crippen molar-refractivity contribution in [3.05, 3.63) is 0 Å². The Balaban J connectivity index is 3.39. The van der Waals surface area contributed by atoms with Crippen molar-refractivity contribution in [1.82, 2.24) is 4.90 Å². The Morgan fingerprint density at radius 1 is 0.594 bits per heavy atom. The lowest BCUT2D eigenvalue weighted by Crippen LogP contribution is -2.22. The van der Waals surface area contributed by atoms with Gasteiger partial charge in [-0.25, -0.2) is 0 Å². The Morgan fingerprint density at radius 2 is 0.969 bits per heavy atom. The quantitative estimate of drug-likeness (QED) is 0.220. The minimum absolute atomic E-state index is 0.0288. The Morgan fingerprint density at radius 3 is 1.34 bits per heavy atom. The number of nitrogens with zero attached hydrogens (tertiary/aromatic N) is 1. The summed E-state index contributed by atoms with van der Waals surface area (Å²) in [5.41, 5.74) is -0.449. The molecule has 0 saturated carbocycles. The molecular formula is C22H39NO9. The molecule has 10 heteroatoms. The zero-order valence-electron chi connectivity index (χ0n) is 20.1. The van der Waals surface area contributed by atoms with E-state index in [0.29, 0.717) is 26.4 Å². The molecule has 10 nitrogen and oxygen atoms in total. The van der Waals surface area contributed by atoms with Crippen LogP contribution in [0.3, 0.4) is 0 Å². The van der Waals surface area contributed by atoms with Crippen molar-refractivity contribution >= 4 is 23.6 Å². The summed E-state index contributed by atoms with van der Waals surface area (Å²) in [5, 5.41) is 0. The fourth-order valence-electron chi connectivity index (χ4n) is 2.14. The summed E-state index contributed by atoms with van der Waals surface area (Å²) in [7, 11) is 3.27. The third kappa shape index (κ3) is 17.6. The molecule has 0 spiro atoms. The van der Waals surface area contributed by atoms with Crippen LogP contribution >= 0.6 is 0 Å². The van der Waals surface area contributed by atoms with Crippen molar-refractivity contribution in [1.29, 1.82) is 0 Å². The number of ether oxygens (including phenoxy) is 5. The molecule has 0 aromatic rings. The van der Waals surface area contributed by atoms with Crippen molar-refractivity contribution in [2.45, 2.75) is 46.5 Å². The topological polar surface area (TPSA) is 118 Å². The molecule has 186 valence electrons. The minimum atomic E-state index is -0.449. The van der Waals surface area contributed by atoms with Gasteiger partial charge in [0, 0.05) is 32.4 Å². The number of esters is 2. The predicted molar refractivity (Wildman–Crippen MR) is 116 cm³/mol. The van der Waals surface area contributed by atoms with Gasteiger partial charge in [0.25, 0.3) is 0 Å². The highest BCUT2D eigenvalue weighted by Gasteiger charge is 2.21. The Kier molecular flexibility index (Phi) is 16.4. The van der Waals surface area contributed by atoms with Gasteiger partial charge in [0.1, 0.15) is 19.0 Å². The Bertz CT molecular complexity index is 570. The van der Waals surface area contributed by atoms with Gasteiger partial charge in [-0.05, 0) is 0 Å². The molecule has 0 unspecified atom stereocenters. The highest BCUT2D eigenvalue weighted by molar-refractivity contribution is 5.86. The van der Waals surface area contributed by atoms with Crippen molar-refractivity contribution in [2.24, 2.45) is 5.41 Å². The molecule has 32 heavy (non-hydrogen) atoms. The first kappa shape index (κ1) is 30.0. The first-order valence-electron chi connectivity index (χ1n) is 10.8. The van der Waals surface area contributed by atoms with Crippen LogP contribution in [-0.4, -0.2) is 95.5 Å². The van der Waals surface area contributed by atoms with Gasteiger partial charge in [0.05, 0.1) is 52.5 Å². The van der Waals surface area contributed by atoms with Crippen LogP contribution in [0.1, 0.15) is 46.5 Å². The standard InChI is InChI=1S/C22H39NO9/c1-22(2,3)18(24)6-8-20(26)31-16-14-29-12-10-28-11-13-30-15-17-32-21(27)9-7-19(25)23(4)5/h6-17H2,1-5H3. The lowest BCUT2D eigenvalue weighted by Gasteiger charge is -2.15. The van der Waals surface area contributed by atoms with Crippen LogP contribution in [0.15, 0.2) is 0 Å². The molecular weight excluding hydrogens is 422 g/mol. The van der Waals surface area contributed by atoms with Gasteiger partial charge in [-0.1, -0.05) is 20.8 Å². The first-order chi connectivity index (χ1) is 15.0. The van der Waals surface area contributed by atoms with Crippen molar-refractivity contribution < 1.29 is 42.9 Å². The second-order valence-corrected chi connectivity index (χ2v) is 8.24. The lowest BCUT2D eigenvalue weighted by atomic mass is 9.88. The van der Waals surface area contributed by atoms with Crippen LogP contribution in [0.4, 0.5) is 0 Å². The van der Waals surface area contributed by atoms with E-state index in [0.717, 1.165) is 0 Å². The molecule has 0 aliphatic carbocycles. The minimum Gasteiger partial charge on any atom is -0.463 e. The van der Waals surface area contributed by atoms with Gasteiger partial charge in [-0.3, -0.25) is 19.2 Å². The summed E-state index contributed by atoms with van der Waals surface area (Å²) >= 11 is 0. The van der Waals surface area contributed by atoms with Gasteiger partial charge in [0.15, 0.2) is 0 Å². The number of carbonyl (C=O) groups excluding carboxylic acids is 4. The Hall–Kier alpha value is -2.04. The van der Waals surface area contributed by atoms with Crippen LogP contribution in [0.25, 0.3) is 0 Å². The molecule has 0 N–H and O–H groups in total. The average molecular weight is 462 g/mol. The molecule has 0 aromatic heterocycles. The van der Waals surface area contributed by atoms with E-state index in [-0.39, 0.29) is 63.8 Å². The number of Topliss-reactive ketones (excluding diaryl/α,β-unsaturated/α-hetero) is 1. The second-order valence-electron chi connectivity index (χ2n) is 8.24. The zero-order chi connectivity index (χ0) is 24.4. The predicted octanol–water partition coefficient (Wildman–Crippen LogP) is 1.39. The number of ketones is 1. The summed E-state index contributed by atoms with van der Waals surface area (Å²) in [5.74, 6) is -0.931. The van der Waals surface area contributed by atoms with E-state index in [1.807, 2.05) is 20.8 Å². The van der Waals surface area contributed by atoms with Crippen LogP contribution in [0, 0.1) is 5.41 Å². The van der Waals surface area contributed by atoms with E-state index in [1.165, 1.54) is 4.90 Å². The van der Waals surface area contributed by atoms with E-state index in [2.05, 4.69) is 0 Å². The highest BCUT2D eigenvalue weighted by atomic mass is 16.6. The third-order valence-electron chi connectivity index (χ3n) is 4.16. The molecule has 0 aliphatic rings. The number of amides is 1. The number of carbonyl (C=O) groups is 4. The summed E-state index contributed by atoms with van der Waals surface area (Å²) in [4.78, 5) is 47.6. The molecule has 0 fully saturated rings. The van der Waals surface area contributed by atoms with Crippen LogP contribution in [-0.2, 0) is 42.9 Å². The smallest absolute Gasteiger partial charge is 0.306 e. The van der Waals surface area contributed by atoms with Crippen LogP contribution in [0.5, 0.6) is 0 Å². The SMILES string of the molecule is CN(C)C(=O)CCC(=O)OCCOCCOCCOCCOC(=O)CCC(=O)C(C)(C)C. The van der Waals surface area contributed by atoms with E-state index in [4.69, 9.17) is 23.7 Å². The van der Waals surface area contributed by atoms with Crippen molar-refractivity contribution in [2.75, 3.05) is 67.0 Å². The van der Waals surface area contributed by atoms with Crippen molar-refractivity contribution in [3.63, 3.8) is 0 Å². The van der Waals surface area contributed by atoms with Gasteiger partial charge in [-0.15, -0.1) is 0 Å². The lowest BCUT2D eigenvalue weighted by molar-refractivity contribution is -0.147. The number of hydrogen-bond acceptors (Lipinski definition) is 9. The maximum absolute atomic E-state index is 11.7.